The van der Waals surface area contributed by atoms with Crippen LogP contribution in [0.2, 0.25) is 0 Å². The van der Waals surface area contributed by atoms with Crippen LogP contribution in [0.5, 0.6) is 0 Å². The minimum absolute atomic E-state index is 0.0712. The summed E-state index contributed by atoms with van der Waals surface area (Å²) in [5.41, 5.74) is 3.34. The molecule has 0 aliphatic carbocycles. The van der Waals surface area contributed by atoms with Gasteiger partial charge < -0.3 is 9.67 Å². The minimum atomic E-state index is -0.787. The van der Waals surface area contributed by atoms with Crippen LogP contribution >= 0.6 is 24.0 Å². The molecule has 4 rings (SSSR count). The van der Waals surface area contributed by atoms with Gasteiger partial charge in [0.2, 0.25) is 0 Å². The maximum atomic E-state index is 13.0. The van der Waals surface area contributed by atoms with Crippen molar-refractivity contribution >= 4 is 57.2 Å². The number of hydrogen-bond acceptors (Lipinski definition) is 4. The summed E-state index contributed by atoms with van der Waals surface area (Å²) in [5, 5.41) is 9.84. The molecule has 0 unspecified atom stereocenters. The Morgan fingerprint density at radius 2 is 1.78 bits per heavy atom. The number of carbonyl (C=O) groups is 2. The Kier molecular flexibility index (Phi) is 7.07. The van der Waals surface area contributed by atoms with Crippen molar-refractivity contribution < 1.29 is 14.7 Å². The third kappa shape index (κ3) is 5.11. The molecule has 32 heavy (non-hydrogen) atoms. The minimum Gasteiger partial charge on any atom is -0.481 e. The van der Waals surface area contributed by atoms with E-state index < -0.39 is 5.97 Å². The van der Waals surface area contributed by atoms with Crippen molar-refractivity contribution in [1.82, 2.24) is 9.47 Å². The smallest absolute Gasteiger partial charge is 0.303 e. The molecule has 1 amide bonds. The number of aliphatic carboxylic acids is 1. The summed E-state index contributed by atoms with van der Waals surface area (Å²) in [5.74, 6) is -0.858. The third-order valence-electron chi connectivity index (χ3n) is 5.45. The summed E-state index contributed by atoms with van der Waals surface area (Å²) in [6.45, 7) is 1.28. The van der Waals surface area contributed by atoms with Crippen molar-refractivity contribution in [3.8, 4) is 0 Å². The summed E-state index contributed by atoms with van der Waals surface area (Å²) in [7, 11) is 0. The fourth-order valence-electron chi connectivity index (χ4n) is 3.86. The number of unbranched alkanes of at least 4 members (excludes halogenated alkanes) is 2. The van der Waals surface area contributed by atoms with E-state index in [1.807, 2.05) is 36.4 Å². The van der Waals surface area contributed by atoms with E-state index in [-0.39, 0.29) is 12.3 Å². The highest BCUT2D eigenvalue weighted by Crippen LogP contribution is 2.34. The summed E-state index contributed by atoms with van der Waals surface area (Å²) in [6, 6.07) is 18.5. The fourth-order valence-corrected chi connectivity index (χ4v) is 5.16. The van der Waals surface area contributed by atoms with Gasteiger partial charge in [-0.1, -0.05) is 78.9 Å². The Balaban J connectivity index is 1.52. The van der Waals surface area contributed by atoms with E-state index in [4.69, 9.17) is 17.3 Å². The van der Waals surface area contributed by atoms with Crippen LogP contribution in [-0.2, 0) is 16.1 Å². The van der Waals surface area contributed by atoms with Crippen LogP contribution in [0.15, 0.2) is 65.7 Å². The zero-order chi connectivity index (χ0) is 22.5. The van der Waals surface area contributed by atoms with Crippen molar-refractivity contribution in [2.24, 2.45) is 0 Å². The lowest BCUT2D eigenvalue weighted by atomic mass is 10.1. The van der Waals surface area contributed by atoms with Crippen LogP contribution in [0.25, 0.3) is 17.0 Å². The van der Waals surface area contributed by atoms with Gasteiger partial charge in [-0.25, -0.2) is 0 Å². The molecule has 1 N–H and O–H groups in total. The van der Waals surface area contributed by atoms with Crippen LogP contribution in [0.3, 0.4) is 0 Å². The van der Waals surface area contributed by atoms with Crippen LogP contribution in [-0.4, -0.2) is 37.3 Å². The van der Waals surface area contributed by atoms with Gasteiger partial charge in [-0.05, 0) is 30.5 Å². The SMILES string of the molecule is O=C(O)CCCCCN1C(=O)/C(=C/c2cn(Cc3ccccc3)c3ccccc23)SC1=S. The van der Waals surface area contributed by atoms with Crippen molar-refractivity contribution in [3.05, 3.63) is 76.8 Å². The van der Waals surface area contributed by atoms with E-state index in [2.05, 4.69) is 35.0 Å². The molecule has 164 valence electrons. The number of para-hydroxylation sites is 1. The van der Waals surface area contributed by atoms with Crippen LogP contribution in [0.1, 0.15) is 36.8 Å². The van der Waals surface area contributed by atoms with E-state index in [1.54, 1.807) is 4.90 Å². The number of carbonyl (C=O) groups excluding carboxylic acids is 1. The third-order valence-corrected chi connectivity index (χ3v) is 6.83. The number of carboxylic acids is 1. The summed E-state index contributed by atoms with van der Waals surface area (Å²) in [6.07, 6.45) is 6.30. The number of rotatable bonds is 9. The highest BCUT2D eigenvalue weighted by molar-refractivity contribution is 8.26. The molecule has 1 aliphatic rings. The summed E-state index contributed by atoms with van der Waals surface area (Å²) < 4.78 is 2.77. The molecule has 1 aromatic heterocycles. The fraction of sp³-hybridized carbons (Fsp3) is 0.240. The van der Waals surface area contributed by atoms with Gasteiger partial charge in [0.1, 0.15) is 4.32 Å². The first-order chi connectivity index (χ1) is 15.5. The number of aromatic nitrogens is 1. The standard InChI is InChI=1S/C25H24N2O3S2/c28-23(29)13-5-2-8-14-27-24(30)22(32-25(27)31)15-19-17-26(16-18-9-3-1-4-10-18)21-12-7-6-11-20(19)21/h1,3-4,6-7,9-12,15,17H,2,5,8,13-14,16H2,(H,28,29)/b22-15-. The van der Waals surface area contributed by atoms with Gasteiger partial charge >= 0.3 is 5.97 Å². The van der Waals surface area contributed by atoms with Crippen molar-refractivity contribution in [1.29, 1.82) is 0 Å². The highest BCUT2D eigenvalue weighted by atomic mass is 32.2. The molecule has 2 aromatic carbocycles. The van der Waals surface area contributed by atoms with E-state index in [0.717, 1.165) is 35.9 Å². The number of benzene rings is 2. The Labute approximate surface area is 196 Å². The zero-order valence-corrected chi connectivity index (χ0v) is 19.2. The van der Waals surface area contributed by atoms with E-state index in [9.17, 15) is 9.59 Å². The van der Waals surface area contributed by atoms with Crippen LogP contribution in [0, 0.1) is 0 Å². The quantitative estimate of drug-likeness (QED) is 0.256. The zero-order valence-electron chi connectivity index (χ0n) is 17.6. The molecule has 0 bridgehead atoms. The summed E-state index contributed by atoms with van der Waals surface area (Å²) >= 11 is 6.78. The lowest BCUT2D eigenvalue weighted by Crippen LogP contribution is -2.29. The Morgan fingerprint density at radius 3 is 2.56 bits per heavy atom. The molecule has 0 saturated carbocycles. The normalized spacial score (nSPS) is 15.2. The number of thiocarbonyl (C=S) groups is 1. The first-order valence-electron chi connectivity index (χ1n) is 10.6. The van der Waals surface area contributed by atoms with Crippen molar-refractivity contribution in [3.63, 3.8) is 0 Å². The van der Waals surface area contributed by atoms with Gasteiger partial charge in [0.05, 0.1) is 4.91 Å². The number of amides is 1. The van der Waals surface area contributed by atoms with Gasteiger partial charge in [0.15, 0.2) is 0 Å². The molecule has 0 atom stereocenters. The molecule has 3 aromatic rings. The van der Waals surface area contributed by atoms with E-state index in [1.165, 1.54) is 17.3 Å². The maximum Gasteiger partial charge on any atom is 0.303 e. The average molecular weight is 465 g/mol. The molecule has 2 heterocycles. The number of fused-ring (bicyclic) bond motifs is 1. The molecule has 7 heteroatoms. The van der Waals surface area contributed by atoms with Gasteiger partial charge in [-0.2, -0.15) is 0 Å². The second kappa shape index (κ2) is 10.1. The number of carboxylic acid groups (broad SMARTS) is 1. The Hall–Kier alpha value is -2.90. The monoisotopic (exact) mass is 464 g/mol. The first-order valence-corrected chi connectivity index (χ1v) is 11.8. The lowest BCUT2D eigenvalue weighted by Gasteiger charge is -2.13. The highest BCUT2D eigenvalue weighted by Gasteiger charge is 2.31. The molecular formula is C25H24N2O3S2. The number of nitrogens with zero attached hydrogens (tertiary/aromatic N) is 2. The molecule has 1 fully saturated rings. The predicted molar refractivity (Wildman–Crippen MR) is 133 cm³/mol. The second-order valence-electron chi connectivity index (χ2n) is 7.75. The van der Waals surface area contributed by atoms with Gasteiger partial charge in [-0.3, -0.25) is 14.5 Å². The molecule has 1 aliphatic heterocycles. The van der Waals surface area contributed by atoms with E-state index >= 15 is 0 Å². The average Bonchev–Trinajstić information content (AvgIpc) is 3.26. The van der Waals surface area contributed by atoms with Crippen LogP contribution in [0.4, 0.5) is 0 Å². The lowest BCUT2D eigenvalue weighted by molar-refractivity contribution is -0.137. The van der Waals surface area contributed by atoms with Gasteiger partial charge in [0.25, 0.3) is 5.91 Å². The molecule has 1 saturated heterocycles. The van der Waals surface area contributed by atoms with Gasteiger partial charge in [0, 0.05) is 42.2 Å². The summed E-state index contributed by atoms with van der Waals surface area (Å²) in [4.78, 5) is 25.9. The van der Waals surface area contributed by atoms with E-state index in [0.29, 0.717) is 22.2 Å². The molecular weight excluding hydrogens is 440 g/mol. The first kappa shape index (κ1) is 22.3. The second-order valence-corrected chi connectivity index (χ2v) is 9.43. The number of thioether (sulfide) groups is 1. The predicted octanol–water partition coefficient (Wildman–Crippen LogP) is 5.54. The maximum absolute atomic E-state index is 13.0. The topological polar surface area (TPSA) is 62.5 Å². The van der Waals surface area contributed by atoms with Crippen LogP contribution < -0.4 is 0 Å². The molecule has 0 spiro atoms. The Morgan fingerprint density at radius 1 is 1.03 bits per heavy atom. The van der Waals surface area contributed by atoms with Crippen molar-refractivity contribution in [2.45, 2.75) is 32.2 Å². The van der Waals surface area contributed by atoms with Crippen molar-refractivity contribution in [2.75, 3.05) is 6.54 Å². The van der Waals surface area contributed by atoms with Gasteiger partial charge in [-0.15, -0.1) is 0 Å². The number of hydrogen-bond donors (Lipinski definition) is 1. The molecule has 0 radical (unpaired) electrons. The molecule has 5 nitrogen and oxygen atoms in total. The Bertz CT molecular complexity index is 1180. The largest absolute Gasteiger partial charge is 0.481 e.